The number of hydrogen-bond donors (Lipinski definition) is 1. The lowest BCUT2D eigenvalue weighted by molar-refractivity contribution is 0.200. The first-order valence-electron chi connectivity index (χ1n) is 5.12. The SMILES string of the molecule is COCCNCCN(C)c1ncc(F)cn1. The molecule has 90 valence electrons. The van der Waals surface area contributed by atoms with Crippen LogP contribution in [-0.2, 0) is 4.74 Å². The molecular formula is C10H17FN4O. The molecule has 0 saturated carbocycles. The first-order valence-corrected chi connectivity index (χ1v) is 5.12. The number of halogens is 1. The Bertz CT molecular complexity index is 293. The maximum absolute atomic E-state index is 12.6. The van der Waals surface area contributed by atoms with Crippen LogP contribution in [0.4, 0.5) is 10.3 Å². The highest BCUT2D eigenvalue weighted by Gasteiger charge is 2.03. The van der Waals surface area contributed by atoms with Crippen molar-refractivity contribution in [1.29, 1.82) is 0 Å². The largest absolute Gasteiger partial charge is 0.383 e. The molecule has 1 N–H and O–H groups in total. The Labute approximate surface area is 94.6 Å². The van der Waals surface area contributed by atoms with Crippen LogP contribution < -0.4 is 10.2 Å². The molecule has 1 heterocycles. The Morgan fingerprint density at radius 2 is 2.06 bits per heavy atom. The second kappa shape index (κ2) is 7.08. The maximum atomic E-state index is 12.6. The number of hydrogen-bond acceptors (Lipinski definition) is 5. The number of nitrogens with one attached hydrogen (secondary N) is 1. The fraction of sp³-hybridized carbons (Fsp3) is 0.600. The van der Waals surface area contributed by atoms with Crippen LogP contribution in [0.2, 0.25) is 0 Å². The van der Waals surface area contributed by atoms with Crippen molar-refractivity contribution in [3.63, 3.8) is 0 Å². The van der Waals surface area contributed by atoms with Gasteiger partial charge in [0.25, 0.3) is 0 Å². The van der Waals surface area contributed by atoms with E-state index in [9.17, 15) is 4.39 Å². The van der Waals surface area contributed by atoms with E-state index in [-0.39, 0.29) is 0 Å². The minimum atomic E-state index is -0.421. The summed E-state index contributed by atoms with van der Waals surface area (Å²) in [6.07, 6.45) is 2.33. The molecule has 0 amide bonds. The van der Waals surface area contributed by atoms with E-state index in [0.29, 0.717) is 12.6 Å². The predicted molar refractivity (Wildman–Crippen MR) is 60.0 cm³/mol. The molecule has 16 heavy (non-hydrogen) atoms. The molecule has 0 saturated heterocycles. The molecular weight excluding hydrogens is 211 g/mol. The van der Waals surface area contributed by atoms with Crippen LogP contribution in [0.3, 0.4) is 0 Å². The molecule has 6 heteroatoms. The van der Waals surface area contributed by atoms with Crippen LogP contribution in [0.1, 0.15) is 0 Å². The minimum absolute atomic E-state index is 0.421. The summed E-state index contributed by atoms with van der Waals surface area (Å²) in [5.74, 6) is 0.102. The van der Waals surface area contributed by atoms with Gasteiger partial charge in [-0.15, -0.1) is 0 Å². The van der Waals surface area contributed by atoms with Gasteiger partial charge in [0.2, 0.25) is 5.95 Å². The summed E-state index contributed by atoms with van der Waals surface area (Å²) < 4.78 is 17.5. The van der Waals surface area contributed by atoms with E-state index in [0.717, 1.165) is 32.0 Å². The topological polar surface area (TPSA) is 50.3 Å². The molecule has 0 unspecified atom stereocenters. The third-order valence-electron chi connectivity index (χ3n) is 2.06. The molecule has 1 aromatic rings. The summed E-state index contributed by atoms with van der Waals surface area (Å²) in [6, 6.07) is 0. The average molecular weight is 228 g/mol. The third kappa shape index (κ3) is 4.50. The van der Waals surface area contributed by atoms with Gasteiger partial charge >= 0.3 is 0 Å². The smallest absolute Gasteiger partial charge is 0.225 e. The van der Waals surface area contributed by atoms with Crippen LogP contribution >= 0.6 is 0 Å². The quantitative estimate of drug-likeness (QED) is 0.680. The summed E-state index contributed by atoms with van der Waals surface area (Å²) in [5.41, 5.74) is 0. The fourth-order valence-corrected chi connectivity index (χ4v) is 1.15. The lowest BCUT2D eigenvalue weighted by atomic mass is 10.5. The van der Waals surface area contributed by atoms with Gasteiger partial charge in [0, 0.05) is 33.8 Å². The molecule has 0 aromatic carbocycles. The lowest BCUT2D eigenvalue weighted by Gasteiger charge is -2.16. The molecule has 0 aliphatic carbocycles. The second-order valence-electron chi connectivity index (χ2n) is 3.37. The maximum Gasteiger partial charge on any atom is 0.225 e. The van der Waals surface area contributed by atoms with Crippen molar-refractivity contribution < 1.29 is 9.13 Å². The van der Waals surface area contributed by atoms with Gasteiger partial charge in [-0.25, -0.2) is 14.4 Å². The number of anilines is 1. The van der Waals surface area contributed by atoms with Gasteiger partial charge in [-0.05, 0) is 0 Å². The van der Waals surface area contributed by atoms with E-state index in [4.69, 9.17) is 4.74 Å². The average Bonchev–Trinajstić information content (AvgIpc) is 2.29. The van der Waals surface area contributed by atoms with Crippen molar-refractivity contribution in [3.05, 3.63) is 18.2 Å². The molecule has 0 atom stereocenters. The third-order valence-corrected chi connectivity index (χ3v) is 2.06. The van der Waals surface area contributed by atoms with Gasteiger partial charge in [-0.2, -0.15) is 0 Å². The van der Waals surface area contributed by atoms with Gasteiger partial charge in [0.1, 0.15) is 0 Å². The zero-order valence-corrected chi connectivity index (χ0v) is 9.61. The molecule has 5 nitrogen and oxygen atoms in total. The Hall–Kier alpha value is -1.27. The number of methoxy groups -OCH3 is 1. The highest BCUT2D eigenvalue weighted by atomic mass is 19.1. The molecule has 0 spiro atoms. The number of rotatable bonds is 7. The zero-order chi connectivity index (χ0) is 11.8. The van der Waals surface area contributed by atoms with Crippen molar-refractivity contribution >= 4 is 5.95 Å². The minimum Gasteiger partial charge on any atom is -0.383 e. The summed E-state index contributed by atoms with van der Waals surface area (Å²) in [7, 11) is 3.53. The van der Waals surface area contributed by atoms with Crippen LogP contribution in [-0.4, -0.2) is 50.4 Å². The fourth-order valence-electron chi connectivity index (χ4n) is 1.15. The van der Waals surface area contributed by atoms with Crippen molar-refractivity contribution in [1.82, 2.24) is 15.3 Å². The lowest BCUT2D eigenvalue weighted by Crippen LogP contribution is -2.31. The molecule has 0 bridgehead atoms. The zero-order valence-electron chi connectivity index (χ0n) is 9.61. The molecule has 0 aliphatic rings. The predicted octanol–water partition coefficient (Wildman–Crippen LogP) is 0.288. The van der Waals surface area contributed by atoms with Crippen molar-refractivity contribution in [2.45, 2.75) is 0 Å². The van der Waals surface area contributed by atoms with Crippen LogP contribution in [0, 0.1) is 5.82 Å². The van der Waals surface area contributed by atoms with Crippen molar-refractivity contribution in [2.24, 2.45) is 0 Å². The monoisotopic (exact) mass is 228 g/mol. The van der Waals surface area contributed by atoms with E-state index >= 15 is 0 Å². The van der Waals surface area contributed by atoms with E-state index in [1.807, 2.05) is 11.9 Å². The first kappa shape index (κ1) is 12.8. The second-order valence-corrected chi connectivity index (χ2v) is 3.37. The Kier molecular flexibility index (Phi) is 5.66. The molecule has 0 aliphatic heterocycles. The Morgan fingerprint density at radius 3 is 2.69 bits per heavy atom. The van der Waals surface area contributed by atoms with Crippen molar-refractivity contribution in [2.75, 3.05) is 45.3 Å². The summed E-state index contributed by atoms with van der Waals surface area (Å²) >= 11 is 0. The normalized spacial score (nSPS) is 10.4. The Morgan fingerprint density at radius 1 is 1.38 bits per heavy atom. The van der Waals surface area contributed by atoms with Crippen molar-refractivity contribution in [3.8, 4) is 0 Å². The highest BCUT2D eigenvalue weighted by Crippen LogP contribution is 2.02. The van der Waals surface area contributed by atoms with E-state index < -0.39 is 5.82 Å². The standard InChI is InChI=1S/C10H17FN4O/c1-15(5-3-12-4-6-16-2)10-13-7-9(11)8-14-10/h7-8,12H,3-6H2,1-2H3. The summed E-state index contributed by atoms with van der Waals surface area (Å²) in [6.45, 7) is 3.07. The van der Waals surface area contributed by atoms with Gasteiger partial charge in [0.05, 0.1) is 19.0 Å². The molecule has 0 radical (unpaired) electrons. The summed E-state index contributed by atoms with van der Waals surface area (Å²) in [4.78, 5) is 9.62. The first-order chi connectivity index (χ1) is 7.74. The molecule has 0 fully saturated rings. The van der Waals surface area contributed by atoms with Gasteiger partial charge in [-0.3, -0.25) is 0 Å². The van der Waals surface area contributed by atoms with Crippen LogP contribution in [0.5, 0.6) is 0 Å². The van der Waals surface area contributed by atoms with Gasteiger partial charge in [0.15, 0.2) is 5.82 Å². The summed E-state index contributed by atoms with van der Waals surface area (Å²) in [5, 5.41) is 3.20. The Balaban J connectivity index is 2.24. The van der Waals surface area contributed by atoms with Crippen LogP contribution in [0.25, 0.3) is 0 Å². The molecule has 1 aromatic heterocycles. The number of nitrogens with zero attached hydrogens (tertiary/aromatic N) is 3. The number of likely N-dealkylation sites (N-methyl/N-ethyl adjacent to an activating group) is 1. The van der Waals surface area contributed by atoms with E-state index in [2.05, 4.69) is 15.3 Å². The van der Waals surface area contributed by atoms with Gasteiger partial charge < -0.3 is 15.0 Å². The van der Waals surface area contributed by atoms with E-state index in [1.165, 1.54) is 0 Å². The molecule has 1 rings (SSSR count). The number of aromatic nitrogens is 2. The van der Waals surface area contributed by atoms with Crippen LogP contribution in [0.15, 0.2) is 12.4 Å². The van der Waals surface area contributed by atoms with Gasteiger partial charge in [-0.1, -0.05) is 0 Å². The highest BCUT2D eigenvalue weighted by molar-refractivity contribution is 5.26. The number of ether oxygens (including phenoxy) is 1. The van der Waals surface area contributed by atoms with E-state index in [1.54, 1.807) is 7.11 Å².